The molecule has 1 aliphatic carbocycles. The van der Waals surface area contributed by atoms with Gasteiger partial charge in [0.05, 0.1) is 24.7 Å². The molecule has 8 nitrogen and oxygen atoms in total. The number of benzene rings is 2. The Bertz CT molecular complexity index is 1590. The fraction of sp³-hybridized carbons (Fsp3) is 0.242. The number of methoxy groups -OCH3 is 1. The molecular weight excluding hydrogens is 510 g/mol. The number of nitrogens with two attached hydrogens (primary N) is 1. The monoisotopic (exact) mass is 545 g/mol. The van der Waals surface area contributed by atoms with Gasteiger partial charge >= 0.3 is 0 Å². The third-order valence-corrected chi connectivity index (χ3v) is 7.61. The Morgan fingerprint density at radius 2 is 1.73 bits per heavy atom. The molecule has 0 atom stereocenters. The molecule has 6 rings (SSSR count). The first kappa shape index (κ1) is 26.5. The molecule has 41 heavy (non-hydrogen) atoms. The maximum atomic E-state index is 6.19. The molecule has 0 spiro atoms. The van der Waals surface area contributed by atoms with Crippen molar-refractivity contribution in [3.05, 3.63) is 108 Å². The van der Waals surface area contributed by atoms with Crippen LogP contribution in [0.15, 0.2) is 91.4 Å². The zero-order chi connectivity index (χ0) is 28.0. The Kier molecular flexibility index (Phi) is 7.91. The van der Waals surface area contributed by atoms with Crippen molar-refractivity contribution in [1.29, 1.82) is 0 Å². The highest BCUT2D eigenvalue weighted by Gasteiger charge is 2.22. The van der Waals surface area contributed by atoms with E-state index in [-0.39, 0.29) is 6.04 Å². The van der Waals surface area contributed by atoms with E-state index in [0.29, 0.717) is 12.6 Å². The maximum absolute atomic E-state index is 6.19. The Morgan fingerprint density at radius 3 is 2.46 bits per heavy atom. The SMILES string of the molecule is COc1ccc(CN(c2ccccc2)c2cc(N[C@H]3CC[C@H](N)CC3)nn3c(/C=C/c4ccncc4)cnc23)cc1. The summed E-state index contributed by atoms with van der Waals surface area (Å²) in [5.74, 6) is 1.66. The molecule has 3 aromatic heterocycles. The second kappa shape index (κ2) is 12.2. The number of ether oxygens (including phenoxy) is 1. The standard InChI is InChI=1S/C33H35N7O/c1-41-30-15-8-25(9-16-30)23-39(28-5-3-2-4-6-28)31-21-32(37-27-12-10-26(34)11-13-27)38-40-29(22-36-33(31)40)14-7-24-17-19-35-20-18-24/h2-9,14-22,26-27H,10-13,23,34H2,1H3,(H,37,38)/b14-7+/t26-,27-. The smallest absolute Gasteiger partial charge is 0.178 e. The number of fused-ring (bicyclic) bond motifs is 1. The van der Waals surface area contributed by atoms with Crippen LogP contribution in [0.2, 0.25) is 0 Å². The Labute approximate surface area is 240 Å². The van der Waals surface area contributed by atoms with Crippen LogP contribution in [0.4, 0.5) is 17.2 Å². The summed E-state index contributed by atoms with van der Waals surface area (Å²) in [5.41, 5.74) is 12.1. The largest absolute Gasteiger partial charge is 0.497 e. The highest BCUT2D eigenvalue weighted by Crippen LogP contribution is 2.34. The van der Waals surface area contributed by atoms with Crippen LogP contribution in [0.25, 0.3) is 17.8 Å². The van der Waals surface area contributed by atoms with E-state index in [2.05, 4.69) is 63.7 Å². The number of hydrogen-bond acceptors (Lipinski definition) is 7. The maximum Gasteiger partial charge on any atom is 0.178 e. The number of nitrogens with one attached hydrogen (secondary N) is 1. The Morgan fingerprint density at radius 1 is 0.976 bits per heavy atom. The number of nitrogens with zero attached hydrogens (tertiary/aromatic N) is 5. The molecule has 208 valence electrons. The van der Waals surface area contributed by atoms with E-state index in [0.717, 1.165) is 71.1 Å². The van der Waals surface area contributed by atoms with Gasteiger partial charge in [0, 0.05) is 42.8 Å². The van der Waals surface area contributed by atoms with Crippen molar-refractivity contribution in [3.8, 4) is 5.75 Å². The van der Waals surface area contributed by atoms with Crippen LogP contribution in [-0.4, -0.2) is 38.8 Å². The first-order valence-corrected chi connectivity index (χ1v) is 14.1. The van der Waals surface area contributed by atoms with Gasteiger partial charge in [0.2, 0.25) is 0 Å². The molecule has 0 aliphatic heterocycles. The number of hydrogen-bond donors (Lipinski definition) is 2. The van der Waals surface area contributed by atoms with Gasteiger partial charge in [-0.25, -0.2) is 9.50 Å². The van der Waals surface area contributed by atoms with Crippen molar-refractivity contribution in [2.75, 3.05) is 17.3 Å². The zero-order valence-corrected chi connectivity index (χ0v) is 23.2. The Balaban J connectivity index is 1.44. The van der Waals surface area contributed by atoms with Gasteiger partial charge in [-0.15, -0.1) is 5.10 Å². The fourth-order valence-electron chi connectivity index (χ4n) is 5.32. The number of rotatable bonds is 9. The molecule has 1 fully saturated rings. The third kappa shape index (κ3) is 6.23. The third-order valence-electron chi connectivity index (χ3n) is 7.61. The number of pyridine rings is 1. The summed E-state index contributed by atoms with van der Waals surface area (Å²) in [6.07, 6.45) is 13.7. The first-order valence-electron chi connectivity index (χ1n) is 14.1. The summed E-state index contributed by atoms with van der Waals surface area (Å²) < 4.78 is 7.33. The van der Waals surface area contributed by atoms with E-state index in [9.17, 15) is 0 Å². The van der Waals surface area contributed by atoms with E-state index in [4.69, 9.17) is 20.6 Å². The normalized spacial score (nSPS) is 17.1. The van der Waals surface area contributed by atoms with Crippen molar-refractivity contribution in [1.82, 2.24) is 19.6 Å². The van der Waals surface area contributed by atoms with Crippen molar-refractivity contribution in [2.45, 2.75) is 44.3 Å². The number of anilines is 3. The second-order valence-corrected chi connectivity index (χ2v) is 10.5. The highest BCUT2D eigenvalue weighted by molar-refractivity contribution is 5.80. The average molecular weight is 546 g/mol. The van der Waals surface area contributed by atoms with Crippen LogP contribution >= 0.6 is 0 Å². The van der Waals surface area contributed by atoms with Gasteiger partial charge in [0.1, 0.15) is 11.6 Å². The minimum atomic E-state index is 0.288. The van der Waals surface area contributed by atoms with E-state index < -0.39 is 0 Å². The van der Waals surface area contributed by atoms with E-state index in [1.807, 2.05) is 47.1 Å². The lowest BCUT2D eigenvalue weighted by molar-refractivity contribution is 0.410. The summed E-state index contributed by atoms with van der Waals surface area (Å²) in [5, 5.41) is 8.75. The molecular formula is C33H35N7O. The second-order valence-electron chi connectivity index (χ2n) is 10.5. The molecule has 3 N–H and O–H groups in total. The van der Waals surface area contributed by atoms with Gasteiger partial charge < -0.3 is 20.7 Å². The molecule has 1 saturated carbocycles. The van der Waals surface area contributed by atoms with Gasteiger partial charge in [-0.05, 0) is 79.3 Å². The van der Waals surface area contributed by atoms with Crippen molar-refractivity contribution in [3.63, 3.8) is 0 Å². The molecule has 0 unspecified atom stereocenters. The minimum absolute atomic E-state index is 0.288. The summed E-state index contributed by atoms with van der Waals surface area (Å²) in [6, 6.07) is 25.3. The highest BCUT2D eigenvalue weighted by atomic mass is 16.5. The van der Waals surface area contributed by atoms with Crippen molar-refractivity contribution in [2.24, 2.45) is 5.73 Å². The molecule has 0 amide bonds. The number of imidazole rings is 1. The summed E-state index contributed by atoms with van der Waals surface area (Å²) in [6.45, 7) is 0.653. The van der Waals surface area contributed by atoms with E-state index in [1.165, 1.54) is 0 Å². The molecule has 1 aliphatic rings. The van der Waals surface area contributed by atoms with Crippen LogP contribution in [-0.2, 0) is 6.54 Å². The first-order chi connectivity index (χ1) is 20.2. The lowest BCUT2D eigenvalue weighted by Crippen LogP contribution is -2.33. The molecule has 2 aromatic carbocycles. The van der Waals surface area contributed by atoms with E-state index in [1.54, 1.807) is 19.5 Å². The van der Waals surface area contributed by atoms with Crippen LogP contribution < -0.4 is 20.7 Å². The predicted molar refractivity (Wildman–Crippen MR) is 165 cm³/mol. The molecule has 0 bridgehead atoms. The lowest BCUT2D eigenvalue weighted by Gasteiger charge is -2.29. The van der Waals surface area contributed by atoms with Gasteiger partial charge in [0.25, 0.3) is 0 Å². The average Bonchev–Trinajstić information content (AvgIpc) is 3.44. The molecule has 0 radical (unpaired) electrons. The van der Waals surface area contributed by atoms with Crippen LogP contribution in [0, 0.1) is 0 Å². The summed E-state index contributed by atoms with van der Waals surface area (Å²) in [7, 11) is 1.69. The number of aromatic nitrogens is 4. The molecule has 5 aromatic rings. The lowest BCUT2D eigenvalue weighted by atomic mass is 9.92. The van der Waals surface area contributed by atoms with Crippen LogP contribution in [0.5, 0.6) is 5.75 Å². The molecule has 8 heteroatoms. The van der Waals surface area contributed by atoms with Gasteiger partial charge in [-0.3, -0.25) is 4.98 Å². The topological polar surface area (TPSA) is 93.6 Å². The molecule has 3 heterocycles. The molecule has 0 saturated heterocycles. The van der Waals surface area contributed by atoms with Crippen molar-refractivity contribution >= 4 is 35.0 Å². The van der Waals surface area contributed by atoms with Gasteiger partial charge in [0.15, 0.2) is 5.65 Å². The minimum Gasteiger partial charge on any atom is -0.497 e. The van der Waals surface area contributed by atoms with Crippen molar-refractivity contribution < 1.29 is 4.74 Å². The summed E-state index contributed by atoms with van der Waals surface area (Å²) in [4.78, 5) is 11.3. The number of para-hydroxylation sites is 1. The predicted octanol–water partition coefficient (Wildman–Crippen LogP) is 6.32. The zero-order valence-electron chi connectivity index (χ0n) is 23.2. The quantitative estimate of drug-likeness (QED) is 0.224. The van der Waals surface area contributed by atoms with E-state index >= 15 is 0 Å². The van der Waals surface area contributed by atoms with Crippen LogP contribution in [0.3, 0.4) is 0 Å². The van der Waals surface area contributed by atoms with Crippen LogP contribution in [0.1, 0.15) is 42.5 Å². The van der Waals surface area contributed by atoms with Gasteiger partial charge in [-0.1, -0.05) is 36.4 Å². The fourth-order valence-corrected chi connectivity index (χ4v) is 5.32. The van der Waals surface area contributed by atoms with Gasteiger partial charge in [-0.2, -0.15) is 0 Å². The summed E-state index contributed by atoms with van der Waals surface area (Å²) >= 11 is 0. The Hall–Kier alpha value is -4.69.